The Kier molecular flexibility index (Phi) is 7.95. The van der Waals surface area contributed by atoms with Gasteiger partial charge in [-0.1, -0.05) is 54.1 Å². The molecule has 0 amide bonds. The van der Waals surface area contributed by atoms with Gasteiger partial charge in [0, 0.05) is 18.1 Å². The molecule has 0 saturated carbocycles. The largest absolute Gasteiger partial charge is 0.493 e. The van der Waals surface area contributed by atoms with Crippen LogP contribution in [-0.2, 0) is 13.2 Å². The van der Waals surface area contributed by atoms with Crippen LogP contribution in [0.2, 0.25) is 5.02 Å². The standard InChI is InChI=1S/C23H23BrClNO3/c1-28-22-12-17(13-26-14-21(27)18-5-3-2-4-6-18)11-20(24)23(22)29-15-16-7-9-19(25)10-8-16/h2-12,21,26-27H,13-15H2,1H3/t21-/m0/s1. The van der Waals surface area contributed by atoms with Crippen LogP contribution in [0.15, 0.2) is 71.2 Å². The molecule has 152 valence electrons. The number of hydrogen-bond acceptors (Lipinski definition) is 4. The summed E-state index contributed by atoms with van der Waals surface area (Å²) in [7, 11) is 1.62. The van der Waals surface area contributed by atoms with Gasteiger partial charge in [-0.25, -0.2) is 0 Å². The van der Waals surface area contributed by atoms with E-state index in [-0.39, 0.29) is 0 Å². The fraction of sp³-hybridized carbons (Fsp3) is 0.217. The zero-order valence-electron chi connectivity index (χ0n) is 16.1. The Labute approximate surface area is 184 Å². The quantitative estimate of drug-likeness (QED) is 0.427. The predicted molar refractivity (Wildman–Crippen MR) is 120 cm³/mol. The summed E-state index contributed by atoms with van der Waals surface area (Å²) in [6.07, 6.45) is -0.552. The average Bonchev–Trinajstić information content (AvgIpc) is 2.74. The van der Waals surface area contributed by atoms with Crippen molar-refractivity contribution in [1.82, 2.24) is 5.32 Å². The normalized spacial score (nSPS) is 11.9. The first-order chi connectivity index (χ1) is 14.1. The van der Waals surface area contributed by atoms with Gasteiger partial charge in [0.2, 0.25) is 0 Å². The second kappa shape index (κ2) is 10.6. The van der Waals surface area contributed by atoms with E-state index in [9.17, 15) is 5.11 Å². The van der Waals surface area contributed by atoms with Crippen LogP contribution in [0.5, 0.6) is 11.5 Å². The van der Waals surface area contributed by atoms with Gasteiger partial charge in [0.25, 0.3) is 0 Å². The lowest BCUT2D eigenvalue weighted by atomic mass is 10.1. The van der Waals surface area contributed by atoms with Crippen molar-refractivity contribution in [3.8, 4) is 11.5 Å². The van der Waals surface area contributed by atoms with E-state index in [1.807, 2.05) is 66.7 Å². The molecule has 0 aromatic heterocycles. The molecule has 0 unspecified atom stereocenters. The van der Waals surface area contributed by atoms with Gasteiger partial charge in [-0.3, -0.25) is 0 Å². The van der Waals surface area contributed by atoms with Crippen LogP contribution in [0, 0.1) is 0 Å². The number of ether oxygens (including phenoxy) is 2. The zero-order chi connectivity index (χ0) is 20.6. The Morgan fingerprint density at radius 1 is 1.03 bits per heavy atom. The number of hydrogen-bond donors (Lipinski definition) is 2. The molecular formula is C23H23BrClNO3. The molecule has 0 aliphatic heterocycles. The first-order valence-corrected chi connectivity index (χ1v) is 10.4. The van der Waals surface area contributed by atoms with E-state index >= 15 is 0 Å². The number of halogens is 2. The maximum Gasteiger partial charge on any atom is 0.175 e. The van der Waals surface area contributed by atoms with Gasteiger partial charge in [-0.2, -0.15) is 0 Å². The third-order valence-corrected chi connectivity index (χ3v) is 5.28. The highest BCUT2D eigenvalue weighted by Crippen LogP contribution is 2.37. The molecule has 3 rings (SSSR count). The number of aliphatic hydroxyl groups excluding tert-OH is 1. The topological polar surface area (TPSA) is 50.7 Å². The third-order valence-electron chi connectivity index (χ3n) is 4.44. The Bertz CT molecular complexity index is 919. The average molecular weight is 477 g/mol. The lowest BCUT2D eigenvalue weighted by Gasteiger charge is -2.16. The Morgan fingerprint density at radius 2 is 1.76 bits per heavy atom. The van der Waals surface area contributed by atoms with E-state index in [1.165, 1.54) is 0 Å². The summed E-state index contributed by atoms with van der Waals surface area (Å²) in [5, 5.41) is 14.2. The van der Waals surface area contributed by atoms with Gasteiger partial charge < -0.3 is 19.9 Å². The fourth-order valence-corrected chi connectivity index (χ4v) is 3.63. The SMILES string of the molecule is COc1cc(CNC[C@H](O)c2ccccc2)cc(Br)c1OCc1ccc(Cl)cc1. The van der Waals surface area contributed by atoms with E-state index in [1.54, 1.807) is 7.11 Å². The van der Waals surface area contributed by atoms with Crippen molar-refractivity contribution in [2.75, 3.05) is 13.7 Å². The molecule has 3 aromatic rings. The molecule has 0 aliphatic rings. The molecule has 3 aromatic carbocycles. The molecule has 0 saturated heterocycles. The molecule has 0 spiro atoms. The first kappa shape index (κ1) is 21.7. The number of rotatable bonds is 9. The van der Waals surface area contributed by atoms with Gasteiger partial charge in [-0.15, -0.1) is 0 Å². The summed E-state index contributed by atoms with van der Waals surface area (Å²) in [6, 6.07) is 21.1. The van der Waals surface area contributed by atoms with Gasteiger partial charge in [-0.05, 0) is 56.9 Å². The van der Waals surface area contributed by atoms with Crippen LogP contribution in [0.1, 0.15) is 22.8 Å². The van der Waals surface area contributed by atoms with Crippen molar-refractivity contribution in [3.63, 3.8) is 0 Å². The monoisotopic (exact) mass is 475 g/mol. The van der Waals surface area contributed by atoms with Crippen LogP contribution < -0.4 is 14.8 Å². The highest BCUT2D eigenvalue weighted by Gasteiger charge is 2.13. The highest BCUT2D eigenvalue weighted by atomic mass is 79.9. The maximum absolute atomic E-state index is 10.3. The lowest BCUT2D eigenvalue weighted by molar-refractivity contribution is 0.174. The zero-order valence-corrected chi connectivity index (χ0v) is 18.4. The Balaban J connectivity index is 1.60. The molecule has 4 nitrogen and oxygen atoms in total. The second-order valence-corrected chi connectivity index (χ2v) is 7.87. The molecule has 29 heavy (non-hydrogen) atoms. The van der Waals surface area contributed by atoms with Gasteiger partial charge in [0.05, 0.1) is 17.7 Å². The van der Waals surface area contributed by atoms with Crippen LogP contribution in [-0.4, -0.2) is 18.8 Å². The second-order valence-electron chi connectivity index (χ2n) is 6.58. The van der Waals surface area contributed by atoms with E-state index < -0.39 is 6.10 Å². The minimum Gasteiger partial charge on any atom is -0.493 e. The van der Waals surface area contributed by atoms with Crippen molar-refractivity contribution in [2.45, 2.75) is 19.3 Å². The van der Waals surface area contributed by atoms with Crippen molar-refractivity contribution >= 4 is 27.5 Å². The molecule has 1 atom stereocenters. The minimum absolute atomic E-state index is 0.410. The number of aliphatic hydroxyl groups is 1. The summed E-state index contributed by atoms with van der Waals surface area (Å²) in [5.74, 6) is 1.30. The van der Waals surface area contributed by atoms with Crippen LogP contribution in [0.4, 0.5) is 0 Å². The summed E-state index contributed by atoms with van der Waals surface area (Å²) in [6.45, 7) is 1.46. The van der Waals surface area contributed by atoms with Gasteiger partial charge >= 0.3 is 0 Å². The van der Waals surface area contributed by atoms with E-state index in [2.05, 4.69) is 21.2 Å². The van der Waals surface area contributed by atoms with E-state index in [0.29, 0.717) is 36.2 Å². The fourth-order valence-electron chi connectivity index (χ4n) is 2.90. The summed E-state index contributed by atoms with van der Waals surface area (Å²) < 4.78 is 12.3. The predicted octanol–water partition coefficient (Wildman–Crippen LogP) is 5.51. The smallest absolute Gasteiger partial charge is 0.175 e. The summed E-state index contributed by atoms with van der Waals surface area (Å²) >= 11 is 9.50. The summed E-state index contributed by atoms with van der Waals surface area (Å²) in [4.78, 5) is 0. The van der Waals surface area contributed by atoms with E-state index in [0.717, 1.165) is 21.2 Å². The first-order valence-electron chi connectivity index (χ1n) is 9.24. The Morgan fingerprint density at radius 3 is 2.45 bits per heavy atom. The molecule has 2 N–H and O–H groups in total. The number of benzene rings is 3. The van der Waals surface area contributed by atoms with Crippen LogP contribution in [0.25, 0.3) is 0 Å². The molecule has 0 heterocycles. The molecular weight excluding hydrogens is 454 g/mol. The summed E-state index contributed by atoms with van der Waals surface area (Å²) in [5.41, 5.74) is 2.93. The number of nitrogens with one attached hydrogen (secondary N) is 1. The molecule has 6 heteroatoms. The Hall–Kier alpha value is -2.05. The maximum atomic E-state index is 10.3. The third kappa shape index (κ3) is 6.21. The molecule has 0 radical (unpaired) electrons. The van der Waals surface area contributed by atoms with Crippen LogP contribution in [0.3, 0.4) is 0 Å². The molecule has 0 fully saturated rings. The van der Waals surface area contributed by atoms with E-state index in [4.69, 9.17) is 21.1 Å². The van der Waals surface area contributed by atoms with Crippen LogP contribution >= 0.6 is 27.5 Å². The number of methoxy groups -OCH3 is 1. The van der Waals surface area contributed by atoms with Crippen molar-refractivity contribution in [3.05, 3.63) is 92.9 Å². The van der Waals surface area contributed by atoms with Crippen molar-refractivity contribution < 1.29 is 14.6 Å². The molecule has 0 bridgehead atoms. The van der Waals surface area contributed by atoms with Crippen molar-refractivity contribution in [2.24, 2.45) is 0 Å². The van der Waals surface area contributed by atoms with Gasteiger partial charge in [0.1, 0.15) is 6.61 Å². The minimum atomic E-state index is -0.552. The lowest BCUT2D eigenvalue weighted by Crippen LogP contribution is -2.21. The molecule has 0 aliphatic carbocycles. The van der Waals surface area contributed by atoms with Gasteiger partial charge in [0.15, 0.2) is 11.5 Å². The highest BCUT2D eigenvalue weighted by molar-refractivity contribution is 9.10. The van der Waals surface area contributed by atoms with Crippen molar-refractivity contribution in [1.29, 1.82) is 0 Å².